The first kappa shape index (κ1) is 15.0. The SMILES string of the molecule is CCOC(=O)[C@@H]1CCCN(C(=O)Cn2cnc(C#N)n2)C1. The fourth-order valence-corrected chi connectivity index (χ4v) is 2.32. The van der Waals surface area contributed by atoms with Gasteiger partial charge in [-0.25, -0.2) is 9.67 Å². The molecular formula is C13H17N5O3. The van der Waals surface area contributed by atoms with E-state index in [4.69, 9.17) is 10.00 Å². The summed E-state index contributed by atoms with van der Waals surface area (Å²) in [6.07, 6.45) is 2.86. The number of hydrogen-bond donors (Lipinski definition) is 0. The van der Waals surface area contributed by atoms with E-state index >= 15 is 0 Å². The monoisotopic (exact) mass is 291 g/mol. The lowest BCUT2D eigenvalue weighted by atomic mass is 9.98. The van der Waals surface area contributed by atoms with E-state index in [1.807, 2.05) is 6.07 Å². The summed E-state index contributed by atoms with van der Waals surface area (Å²) in [5.74, 6) is -0.611. The van der Waals surface area contributed by atoms with Crippen LogP contribution in [0.3, 0.4) is 0 Å². The topological polar surface area (TPSA) is 101 Å². The molecule has 0 spiro atoms. The smallest absolute Gasteiger partial charge is 0.310 e. The summed E-state index contributed by atoms with van der Waals surface area (Å²) in [6, 6.07) is 1.81. The van der Waals surface area contributed by atoms with Gasteiger partial charge < -0.3 is 9.64 Å². The molecule has 21 heavy (non-hydrogen) atoms. The number of nitrogens with zero attached hydrogens (tertiary/aromatic N) is 5. The van der Waals surface area contributed by atoms with Crippen molar-refractivity contribution in [2.45, 2.75) is 26.3 Å². The number of ether oxygens (including phenoxy) is 1. The highest BCUT2D eigenvalue weighted by molar-refractivity contribution is 5.78. The third-order valence-electron chi connectivity index (χ3n) is 3.33. The van der Waals surface area contributed by atoms with Gasteiger partial charge in [0.2, 0.25) is 5.91 Å². The summed E-state index contributed by atoms with van der Waals surface area (Å²) < 4.78 is 6.33. The molecule has 0 aliphatic carbocycles. The van der Waals surface area contributed by atoms with Crippen LogP contribution in [0, 0.1) is 17.2 Å². The molecule has 1 aromatic rings. The lowest BCUT2D eigenvalue weighted by molar-refractivity contribution is -0.151. The molecule has 0 bridgehead atoms. The molecule has 1 fully saturated rings. The van der Waals surface area contributed by atoms with Crippen LogP contribution in [0.2, 0.25) is 0 Å². The molecule has 8 nitrogen and oxygen atoms in total. The van der Waals surface area contributed by atoms with Crippen LogP contribution >= 0.6 is 0 Å². The number of carbonyl (C=O) groups excluding carboxylic acids is 2. The molecule has 0 unspecified atom stereocenters. The molecule has 0 aromatic carbocycles. The van der Waals surface area contributed by atoms with Crippen LogP contribution in [-0.2, 0) is 20.9 Å². The maximum atomic E-state index is 12.2. The summed E-state index contributed by atoms with van der Waals surface area (Å²) in [6.45, 7) is 3.12. The van der Waals surface area contributed by atoms with E-state index < -0.39 is 0 Å². The second-order valence-electron chi connectivity index (χ2n) is 4.81. The molecule has 1 aromatic heterocycles. The van der Waals surface area contributed by atoms with Gasteiger partial charge in [-0.1, -0.05) is 0 Å². The van der Waals surface area contributed by atoms with Crippen molar-refractivity contribution in [3.05, 3.63) is 12.2 Å². The number of nitriles is 1. The van der Waals surface area contributed by atoms with E-state index in [1.54, 1.807) is 11.8 Å². The third kappa shape index (κ3) is 3.78. The van der Waals surface area contributed by atoms with Crippen LogP contribution in [-0.4, -0.2) is 51.2 Å². The Morgan fingerprint density at radius 3 is 3.05 bits per heavy atom. The first-order chi connectivity index (χ1) is 10.1. The molecule has 1 aliphatic heterocycles. The van der Waals surface area contributed by atoms with Crippen molar-refractivity contribution in [1.82, 2.24) is 19.7 Å². The van der Waals surface area contributed by atoms with E-state index in [2.05, 4.69) is 10.1 Å². The molecular weight excluding hydrogens is 274 g/mol. The van der Waals surface area contributed by atoms with Crippen molar-refractivity contribution >= 4 is 11.9 Å². The molecule has 2 heterocycles. The summed E-state index contributed by atoms with van der Waals surface area (Å²) in [5.41, 5.74) is 0. The predicted molar refractivity (Wildman–Crippen MR) is 70.7 cm³/mol. The standard InChI is InChI=1S/C13H17N5O3/c1-2-21-13(20)10-4-3-5-17(7-10)12(19)8-18-9-15-11(6-14)16-18/h9-10H,2-5,7-8H2,1H3/t10-/m1/s1. The Balaban J connectivity index is 1.92. The summed E-state index contributed by atoms with van der Waals surface area (Å²) in [7, 11) is 0. The van der Waals surface area contributed by atoms with E-state index in [0.717, 1.165) is 12.8 Å². The van der Waals surface area contributed by atoms with Crippen LogP contribution < -0.4 is 0 Å². The van der Waals surface area contributed by atoms with E-state index in [0.29, 0.717) is 19.7 Å². The van der Waals surface area contributed by atoms with Crippen LogP contribution in [0.1, 0.15) is 25.6 Å². The fraction of sp³-hybridized carbons (Fsp3) is 0.615. The first-order valence-electron chi connectivity index (χ1n) is 6.88. The van der Waals surface area contributed by atoms with Gasteiger partial charge in [0.25, 0.3) is 5.82 Å². The highest BCUT2D eigenvalue weighted by atomic mass is 16.5. The van der Waals surface area contributed by atoms with Crippen molar-refractivity contribution in [3.8, 4) is 6.07 Å². The zero-order valence-electron chi connectivity index (χ0n) is 11.9. The minimum absolute atomic E-state index is 0.0181. The van der Waals surface area contributed by atoms with E-state index in [9.17, 15) is 9.59 Å². The molecule has 2 rings (SSSR count). The number of hydrogen-bond acceptors (Lipinski definition) is 6. The second kappa shape index (κ2) is 6.83. The van der Waals surface area contributed by atoms with Crippen LogP contribution in [0.4, 0.5) is 0 Å². The zero-order valence-corrected chi connectivity index (χ0v) is 11.9. The lowest BCUT2D eigenvalue weighted by Gasteiger charge is -2.31. The third-order valence-corrected chi connectivity index (χ3v) is 3.33. The minimum atomic E-state index is -0.256. The molecule has 1 atom stereocenters. The zero-order chi connectivity index (χ0) is 15.2. The number of carbonyl (C=O) groups is 2. The molecule has 1 saturated heterocycles. The number of esters is 1. The van der Waals surface area contributed by atoms with Crippen molar-refractivity contribution in [2.75, 3.05) is 19.7 Å². The Morgan fingerprint density at radius 2 is 2.38 bits per heavy atom. The van der Waals surface area contributed by atoms with Crippen molar-refractivity contribution in [1.29, 1.82) is 5.26 Å². The number of rotatable bonds is 4. The van der Waals surface area contributed by atoms with E-state index in [-0.39, 0.29) is 30.2 Å². The van der Waals surface area contributed by atoms with Gasteiger partial charge in [0.1, 0.15) is 18.9 Å². The van der Waals surface area contributed by atoms with Crippen molar-refractivity contribution in [2.24, 2.45) is 5.92 Å². The molecule has 1 amide bonds. The largest absolute Gasteiger partial charge is 0.466 e. The fourth-order valence-electron chi connectivity index (χ4n) is 2.32. The molecule has 0 N–H and O–H groups in total. The van der Waals surface area contributed by atoms with Gasteiger partial charge in [-0.2, -0.15) is 5.26 Å². The van der Waals surface area contributed by atoms with Crippen LogP contribution in [0.15, 0.2) is 6.33 Å². The maximum Gasteiger partial charge on any atom is 0.310 e. The Kier molecular flexibility index (Phi) is 4.87. The summed E-state index contributed by atoms with van der Waals surface area (Å²) >= 11 is 0. The molecule has 1 aliphatic rings. The van der Waals surface area contributed by atoms with Gasteiger partial charge in [-0.15, -0.1) is 5.10 Å². The highest BCUT2D eigenvalue weighted by Crippen LogP contribution is 2.18. The lowest BCUT2D eigenvalue weighted by Crippen LogP contribution is -2.44. The van der Waals surface area contributed by atoms with Gasteiger partial charge in [0, 0.05) is 13.1 Å². The summed E-state index contributed by atoms with van der Waals surface area (Å²) in [4.78, 5) is 29.3. The van der Waals surface area contributed by atoms with E-state index in [1.165, 1.54) is 11.0 Å². The van der Waals surface area contributed by atoms with Gasteiger partial charge in [-0.3, -0.25) is 9.59 Å². The average molecular weight is 291 g/mol. The Morgan fingerprint density at radius 1 is 1.57 bits per heavy atom. The molecule has 0 saturated carbocycles. The molecule has 8 heteroatoms. The second-order valence-corrected chi connectivity index (χ2v) is 4.81. The molecule has 0 radical (unpaired) electrons. The highest BCUT2D eigenvalue weighted by Gasteiger charge is 2.29. The minimum Gasteiger partial charge on any atom is -0.466 e. The summed E-state index contributed by atoms with van der Waals surface area (Å²) in [5, 5.41) is 12.5. The van der Waals surface area contributed by atoms with Crippen LogP contribution in [0.5, 0.6) is 0 Å². The first-order valence-corrected chi connectivity index (χ1v) is 6.88. The van der Waals surface area contributed by atoms with Gasteiger partial charge in [0.15, 0.2) is 0 Å². The quantitative estimate of drug-likeness (QED) is 0.721. The van der Waals surface area contributed by atoms with Gasteiger partial charge in [0.05, 0.1) is 12.5 Å². The predicted octanol–water partition coefficient (Wildman–Crippen LogP) is -0.0485. The molecule has 112 valence electrons. The number of piperidine rings is 1. The number of amides is 1. The normalized spacial score (nSPS) is 18.1. The van der Waals surface area contributed by atoms with Crippen LogP contribution in [0.25, 0.3) is 0 Å². The number of aromatic nitrogens is 3. The Bertz CT molecular complexity index is 562. The van der Waals surface area contributed by atoms with Gasteiger partial charge in [-0.05, 0) is 19.8 Å². The maximum absolute atomic E-state index is 12.2. The average Bonchev–Trinajstić information content (AvgIpc) is 2.95. The van der Waals surface area contributed by atoms with Crippen molar-refractivity contribution in [3.63, 3.8) is 0 Å². The van der Waals surface area contributed by atoms with Gasteiger partial charge >= 0.3 is 5.97 Å². The Labute approximate surface area is 122 Å². The van der Waals surface area contributed by atoms with Crippen molar-refractivity contribution < 1.29 is 14.3 Å². The Hall–Kier alpha value is -2.43. The number of likely N-dealkylation sites (tertiary alicyclic amines) is 1.